The lowest BCUT2D eigenvalue weighted by Crippen LogP contribution is -2.19. The van der Waals surface area contributed by atoms with Crippen molar-refractivity contribution < 1.29 is 8.78 Å². The molecule has 0 spiro atoms. The van der Waals surface area contributed by atoms with E-state index in [0.29, 0.717) is 0 Å². The Hall–Kier alpha value is -2.01. The molecule has 0 atom stereocenters. The van der Waals surface area contributed by atoms with Crippen molar-refractivity contribution >= 4 is 28.7 Å². The number of hydrogen-bond acceptors (Lipinski definition) is 1. The maximum Gasteiger partial charge on any atom is 0.175 e. The van der Waals surface area contributed by atoms with Crippen LogP contribution in [-0.4, -0.2) is 5.11 Å². The summed E-state index contributed by atoms with van der Waals surface area (Å²) in [6, 6.07) is 10.7. The van der Waals surface area contributed by atoms with E-state index in [0.717, 1.165) is 29.4 Å². The summed E-state index contributed by atoms with van der Waals surface area (Å²) in [5.41, 5.74) is 1.87. The quantitative estimate of drug-likeness (QED) is 0.809. The van der Waals surface area contributed by atoms with Crippen molar-refractivity contribution in [3.63, 3.8) is 0 Å². The Morgan fingerprint density at radius 3 is 2.58 bits per heavy atom. The van der Waals surface area contributed by atoms with Crippen LogP contribution in [-0.2, 0) is 0 Å². The van der Waals surface area contributed by atoms with Crippen molar-refractivity contribution in [2.75, 3.05) is 10.6 Å². The van der Waals surface area contributed by atoms with Gasteiger partial charge in [-0.3, -0.25) is 0 Å². The third kappa shape index (κ3) is 3.72. The molecule has 0 fully saturated rings. The predicted molar refractivity (Wildman–Crippen MR) is 77.4 cm³/mol. The highest BCUT2D eigenvalue weighted by molar-refractivity contribution is 7.80. The van der Waals surface area contributed by atoms with E-state index < -0.39 is 11.6 Å². The molecule has 0 radical (unpaired) electrons. The summed E-state index contributed by atoms with van der Waals surface area (Å²) in [5, 5.41) is 5.74. The largest absolute Gasteiger partial charge is 0.332 e. The minimum absolute atomic E-state index is 0.00477. The number of anilines is 2. The molecule has 0 aliphatic rings. The summed E-state index contributed by atoms with van der Waals surface area (Å²) in [6.45, 7) is 1.95. The molecule has 0 bridgehead atoms. The lowest BCUT2D eigenvalue weighted by Gasteiger charge is -2.11. The zero-order chi connectivity index (χ0) is 13.8. The molecule has 0 aliphatic carbocycles. The number of rotatable bonds is 2. The zero-order valence-electron chi connectivity index (χ0n) is 10.2. The van der Waals surface area contributed by atoms with Gasteiger partial charge in [0.1, 0.15) is 11.6 Å². The molecule has 0 heterocycles. The first kappa shape index (κ1) is 13.4. The lowest BCUT2D eigenvalue weighted by molar-refractivity contribution is 0.604. The van der Waals surface area contributed by atoms with Crippen molar-refractivity contribution in [2.45, 2.75) is 6.92 Å². The zero-order valence-corrected chi connectivity index (χ0v) is 11.0. The highest BCUT2D eigenvalue weighted by Crippen LogP contribution is 2.16. The molecular weight excluding hydrogens is 266 g/mol. The van der Waals surface area contributed by atoms with Crippen LogP contribution in [0.25, 0.3) is 0 Å². The fourth-order valence-electron chi connectivity index (χ4n) is 1.60. The van der Waals surface area contributed by atoms with Gasteiger partial charge in [0.2, 0.25) is 0 Å². The lowest BCUT2D eigenvalue weighted by atomic mass is 10.2. The highest BCUT2D eigenvalue weighted by Gasteiger charge is 2.05. The minimum atomic E-state index is -0.560. The van der Waals surface area contributed by atoms with Crippen molar-refractivity contribution in [3.05, 3.63) is 59.7 Å². The summed E-state index contributed by atoms with van der Waals surface area (Å²) >= 11 is 5.05. The number of hydrogen-bond donors (Lipinski definition) is 2. The van der Waals surface area contributed by atoms with Gasteiger partial charge in [0.15, 0.2) is 5.11 Å². The van der Waals surface area contributed by atoms with Gasteiger partial charge in [-0.25, -0.2) is 8.78 Å². The molecule has 0 saturated carbocycles. The summed E-state index contributed by atoms with van der Waals surface area (Å²) < 4.78 is 26.4. The average molecular weight is 278 g/mol. The molecule has 5 heteroatoms. The smallest absolute Gasteiger partial charge is 0.175 e. The van der Waals surface area contributed by atoms with Crippen LogP contribution in [0.2, 0.25) is 0 Å². The predicted octanol–water partition coefficient (Wildman–Crippen LogP) is 4.08. The molecule has 2 aromatic rings. The van der Waals surface area contributed by atoms with Gasteiger partial charge in [0, 0.05) is 11.8 Å². The van der Waals surface area contributed by atoms with Crippen LogP contribution in [0.4, 0.5) is 20.2 Å². The Kier molecular flexibility index (Phi) is 4.06. The first-order valence-electron chi connectivity index (χ1n) is 5.64. The van der Waals surface area contributed by atoms with Crippen LogP contribution in [0.5, 0.6) is 0 Å². The first-order valence-corrected chi connectivity index (χ1v) is 6.05. The monoisotopic (exact) mass is 278 g/mol. The maximum absolute atomic E-state index is 13.4. The van der Waals surface area contributed by atoms with Crippen molar-refractivity contribution in [1.29, 1.82) is 0 Å². The minimum Gasteiger partial charge on any atom is -0.332 e. The Morgan fingerprint density at radius 1 is 1.05 bits per heavy atom. The second-order valence-electron chi connectivity index (χ2n) is 4.07. The Balaban J connectivity index is 2.07. The number of thiocarbonyl (C=S) groups is 1. The molecule has 0 aliphatic heterocycles. The SMILES string of the molecule is Cc1cccc(NC(=S)Nc2cc(F)ccc2F)c1. The van der Waals surface area contributed by atoms with E-state index in [9.17, 15) is 8.78 Å². The van der Waals surface area contributed by atoms with E-state index in [1.807, 2.05) is 31.2 Å². The topological polar surface area (TPSA) is 24.1 Å². The van der Waals surface area contributed by atoms with Gasteiger partial charge in [0.25, 0.3) is 0 Å². The van der Waals surface area contributed by atoms with Crippen molar-refractivity contribution in [2.24, 2.45) is 0 Å². The third-order valence-electron chi connectivity index (χ3n) is 2.45. The molecule has 2 rings (SSSR count). The number of aryl methyl sites for hydroxylation is 1. The summed E-state index contributed by atoms with van der Waals surface area (Å²) in [4.78, 5) is 0. The van der Waals surface area contributed by atoms with Gasteiger partial charge in [0.05, 0.1) is 5.69 Å². The van der Waals surface area contributed by atoms with Gasteiger partial charge in [-0.1, -0.05) is 12.1 Å². The second kappa shape index (κ2) is 5.75. The molecule has 2 aromatic carbocycles. The van der Waals surface area contributed by atoms with E-state index >= 15 is 0 Å². The number of benzene rings is 2. The molecule has 2 N–H and O–H groups in total. The molecule has 0 unspecified atom stereocenters. The summed E-state index contributed by atoms with van der Waals surface area (Å²) in [7, 11) is 0. The van der Waals surface area contributed by atoms with E-state index in [1.165, 1.54) is 0 Å². The fraction of sp³-hybridized carbons (Fsp3) is 0.0714. The van der Waals surface area contributed by atoms with E-state index in [2.05, 4.69) is 10.6 Å². The van der Waals surface area contributed by atoms with Crippen LogP contribution < -0.4 is 10.6 Å². The standard InChI is InChI=1S/C14H12F2N2S/c1-9-3-2-4-11(7-9)17-14(19)18-13-8-10(15)5-6-12(13)16/h2-8H,1H3,(H2,17,18,19). The molecule has 2 nitrogen and oxygen atoms in total. The number of halogens is 2. The van der Waals surface area contributed by atoms with E-state index in [1.54, 1.807) is 0 Å². The molecule has 98 valence electrons. The molecule has 0 amide bonds. The third-order valence-corrected chi connectivity index (χ3v) is 2.66. The van der Waals surface area contributed by atoms with Gasteiger partial charge in [-0.05, 0) is 49.0 Å². The number of nitrogens with one attached hydrogen (secondary N) is 2. The van der Waals surface area contributed by atoms with Crippen LogP contribution in [0.15, 0.2) is 42.5 Å². The van der Waals surface area contributed by atoms with E-state index in [4.69, 9.17) is 12.2 Å². The van der Waals surface area contributed by atoms with Gasteiger partial charge >= 0.3 is 0 Å². The van der Waals surface area contributed by atoms with Gasteiger partial charge < -0.3 is 10.6 Å². The maximum atomic E-state index is 13.4. The molecule has 0 saturated heterocycles. The Morgan fingerprint density at radius 2 is 1.84 bits per heavy atom. The van der Waals surface area contributed by atoms with Crippen LogP contribution in [0, 0.1) is 18.6 Å². The van der Waals surface area contributed by atoms with Gasteiger partial charge in [-0.15, -0.1) is 0 Å². The van der Waals surface area contributed by atoms with Crippen LogP contribution in [0.3, 0.4) is 0 Å². The normalized spacial score (nSPS) is 10.1. The Bertz CT molecular complexity index is 614. The fourth-order valence-corrected chi connectivity index (χ4v) is 1.83. The van der Waals surface area contributed by atoms with Crippen molar-refractivity contribution in [1.82, 2.24) is 0 Å². The van der Waals surface area contributed by atoms with Crippen LogP contribution in [0.1, 0.15) is 5.56 Å². The second-order valence-corrected chi connectivity index (χ2v) is 4.48. The summed E-state index contributed by atoms with van der Waals surface area (Å²) in [5.74, 6) is -1.09. The molecular formula is C14H12F2N2S. The highest BCUT2D eigenvalue weighted by atomic mass is 32.1. The van der Waals surface area contributed by atoms with Gasteiger partial charge in [-0.2, -0.15) is 0 Å². The molecule has 19 heavy (non-hydrogen) atoms. The first-order chi connectivity index (χ1) is 9.04. The van der Waals surface area contributed by atoms with E-state index in [-0.39, 0.29) is 10.8 Å². The molecule has 0 aromatic heterocycles. The van der Waals surface area contributed by atoms with Crippen molar-refractivity contribution in [3.8, 4) is 0 Å². The average Bonchev–Trinajstić information content (AvgIpc) is 2.34. The van der Waals surface area contributed by atoms with Crippen LogP contribution >= 0.6 is 12.2 Å². The Labute approximate surface area is 115 Å². The summed E-state index contributed by atoms with van der Waals surface area (Å²) in [6.07, 6.45) is 0.